The number of fused-ring (bicyclic) bond motifs is 1. The Morgan fingerprint density at radius 3 is 2.47 bits per heavy atom. The van der Waals surface area contributed by atoms with Crippen LogP contribution in [0.2, 0.25) is 0 Å². The molecule has 0 aliphatic heterocycles. The predicted molar refractivity (Wildman–Crippen MR) is 121 cm³/mol. The fourth-order valence-electron chi connectivity index (χ4n) is 3.37. The summed E-state index contributed by atoms with van der Waals surface area (Å²) < 4.78 is 16.2. The molecule has 0 aliphatic carbocycles. The third kappa shape index (κ3) is 5.35. The molecule has 1 aromatic heterocycles. The van der Waals surface area contributed by atoms with Crippen LogP contribution in [0, 0.1) is 12.8 Å². The van der Waals surface area contributed by atoms with Gasteiger partial charge in [-0.05, 0) is 42.5 Å². The van der Waals surface area contributed by atoms with E-state index in [0.29, 0.717) is 17.6 Å². The average Bonchev–Trinajstić information content (AvgIpc) is 2.78. The first kappa shape index (κ1) is 23.1. The zero-order valence-corrected chi connectivity index (χ0v) is 18.6. The molecule has 1 heterocycles. The molecule has 0 saturated heterocycles. The van der Waals surface area contributed by atoms with Crippen molar-refractivity contribution in [3.8, 4) is 5.75 Å². The Bertz CT molecular complexity index is 1170. The minimum atomic E-state index is -0.914. The van der Waals surface area contributed by atoms with E-state index in [1.54, 1.807) is 32.9 Å². The van der Waals surface area contributed by atoms with Crippen molar-refractivity contribution in [2.45, 2.75) is 46.8 Å². The third-order valence-electron chi connectivity index (χ3n) is 5.20. The van der Waals surface area contributed by atoms with Gasteiger partial charge in [-0.1, -0.05) is 51.1 Å². The molecular formula is C25H27NO6. The molecule has 0 saturated carbocycles. The highest BCUT2D eigenvalue weighted by Crippen LogP contribution is 2.29. The average molecular weight is 437 g/mol. The van der Waals surface area contributed by atoms with Crippen LogP contribution in [0.5, 0.6) is 5.75 Å². The zero-order chi connectivity index (χ0) is 23.3. The van der Waals surface area contributed by atoms with Crippen molar-refractivity contribution >= 4 is 23.0 Å². The second-order valence-corrected chi connectivity index (χ2v) is 7.86. The van der Waals surface area contributed by atoms with Gasteiger partial charge < -0.3 is 19.2 Å². The van der Waals surface area contributed by atoms with Gasteiger partial charge in [-0.3, -0.25) is 0 Å². The Labute approximate surface area is 186 Å². The standard InChI is InChI=1S/C25H27NO6/c1-5-18-13-21(27)32-23-16(4)20(12-11-19(18)23)31-24(28)22(15(2)3)26-25(29)30-14-17-9-7-6-8-10-17/h6-13,15,22H,5,14H2,1-4H3,(H,26,29). The molecule has 1 amide bonds. The van der Waals surface area contributed by atoms with Crippen LogP contribution in [-0.2, 0) is 22.6 Å². The number of aryl methyl sites for hydroxylation is 2. The molecule has 7 nitrogen and oxygen atoms in total. The maximum absolute atomic E-state index is 12.9. The lowest BCUT2D eigenvalue weighted by Gasteiger charge is -2.21. The summed E-state index contributed by atoms with van der Waals surface area (Å²) in [6, 6.07) is 13.2. The molecule has 2 aromatic carbocycles. The van der Waals surface area contributed by atoms with Crippen molar-refractivity contribution < 1.29 is 23.5 Å². The van der Waals surface area contributed by atoms with Crippen molar-refractivity contribution in [3.05, 3.63) is 75.6 Å². The Kier molecular flexibility index (Phi) is 7.30. The Balaban J connectivity index is 1.74. The third-order valence-corrected chi connectivity index (χ3v) is 5.20. The molecule has 0 radical (unpaired) electrons. The zero-order valence-electron chi connectivity index (χ0n) is 18.6. The molecule has 168 valence electrons. The topological polar surface area (TPSA) is 94.8 Å². The number of amides is 1. The van der Waals surface area contributed by atoms with E-state index in [-0.39, 0.29) is 18.3 Å². The summed E-state index contributed by atoms with van der Waals surface area (Å²) in [5.74, 6) is -0.603. The smallest absolute Gasteiger partial charge is 0.408 e. The van der Waals surface area contributed by atoms with Crippen LogP contribution in [0.15, 0.2) is 57.7 Å². The minimum absolute atomic E-state index is 0.0924. The lowest BCUT2D eigenvalue weighted by atomic mass is 10.0. The van der Waals surface area contributed by atoms with E-state index in [9.17, 15) is 14.4 Å². The number of carbonyl (C=O) groups excluding carboxylic acids is 2. The lowest BCUT2D eigenvalue weighted by molar-refractivity contribution is -0.137. The SMILES string of the molecule is CCc1cc(=O)oc2c(C)c(OC(=O)C(NC(=O)OCc3ccccc3)C(C)C)ccc12. The number of esters is 1. The first-order valence-electron chi connectivity index (χ1n) is 10.5. The van der Waals surface area contributed by atoms with Crippen molar-refractivity contribution in [3.63, 3.8) is 0 Å². The number of alkyl carbamates (subject to hydrolysis) is 1. The van der Waals surface area contributed by atoms with Crippen molar-refractivity contribution in [2.24, 2.45) is 5.92 Å². The second-order valence-electron chi connectivity index (χ2n) is 7.86. The normalized spacial score (nSPS) is 11.9. The van der Waals surface area contributed by atoms with Crippen LogP contribution in [0.3, 0.4) is 0 Å². The second kappa shape index (κ2) is 10.1. The number of benzene rings is 2. The quantitative estimate of drug-likeness (QED) is 0.332. The van der Waals surface area contributed by atoms with Crippen molar-refractivity contribution in [1.82, 2.24) is 5.32 Å². The van der Waals surface area contributed by atoms with Crippen LogP contribution in [0.1, 0.15) is 37.5 Å². The summed E-state index contributed by atoms with van der Waals surface area (Å²) in [4.78, 5) is 37.0. The summed E-state index contributed by atoms with van der Waals surface area (Å²) in [5, 5.41) is 3.38. The fraction of sp³-hybridized carbons (Fsp3) is 0.320. The molecule has 0 spiro atoms. The highest BCUT2D eigenvalue weighted by atomic mass is 16.6. The molecule has 32 heavy (non-hydrogen) atoms. The maximum Gasteiger partial charge on any atom is 0.408 e. The van der Waals surface area contributed by atoms with Crippen LogP contribution in [0.25, 0.3) is 11.0 Å². The fourth-order valence-corrected chi connectivity index (χ4v) is 3.37. The molecule has 1 atom stereocenters. The number of hydrogen-bond donors (Lipinski definition) is 1. The van der Waals surface area contributed by atoms with Gasteiger partial charge in [0.15, 0.2) is 0 Å². The Hall–Kier alpha value is -3.61. The van der Waals surface area contributed by atoms with Crippen LogP contribution in [-0.4, -0.2) is 18.1 Å². The largest absolute Gasteiger partial charge is 0.445 e. The molecule has 7 heteroatoms. The molecular weight excluding hydrogens is 410 g/mol. The number of hydrogen-bond acceptors (Lipinski definition) is 6. The number of ether oxygens (including phenoxy) is 2. The van der Waals surface area contributed by atoms with E-state index >= 15 is 0 Å². The van der Waals surface area contributed by atoms with E-state index in [1.807, 2.05) is 37.3 Å². The molecule has 3 rings (SSSR count). The molecule has 1 unspecified atom stereocenters. The van der Waals surface area contributed by atoms with Gasteiger partial charge in [-0.25, -0.2) is 14.4 Å². The minimum Gasteiger partial charge on any atom is -0.445 e. The summed E-state index contributed by atoms with van der Waals surface area (Å²) in [6.45, 7) is 7.36. The molecule has 0 aliphatic rings. The van der Waals surface area contributed by atoms with Crippen molar-refractivity contribution in [1.29, 1.82) is 0 Å². The predicted octanol–water partition coefficient (Wildman–Crippen LogP) is 4.52. The van der Waals surface area contributed by atoms with Crippen LogP contribution < -0.4 is 15.7 Å². The Morgan fingerprint density at radius 1 is 1.09 bits per heavy atom. The number of rotatable bonds is 7. The van der Waals surface area contributed by atoms with Gasteiger partial charge in [-0.2, -0.15) is 0 Å². The van der Waals surface area contributed by atoms with Gasteiger partial charge in [0.25, 0.3) is 0 Å². The van der Waals surface area contributed by atoms with Crippen LogP contribution in [0.4, 0.5) is 4.79 Å². The molecule has 1 N–H and O–H groups in total. The van der Waals surface area contributed by atoms with E-state index in [1.165, 1.54) is 6.07 Å². The van der Waals surface area contributed by atoms with Crippen molar-refractivity contribution in [2.75, 3.05) is 0 Å². The van der Waals surface area contributed by atoms with E-state index < -0.39 is 23.7 Å². The first-order chi connectivity index (χ1) is 15.3. The summed E-state index contributed by atoms with van der Waals surface area (Å²) >= 11 is 0. The summed E-state index contributed by atoms with van der Waals surface area (Å²) in [6.07, 6.45) is -0.0382. The van der Waals surface area contributed by atoms with Gasteiger partial charge in [0.2, 0.25) is 0 Å². The van der Waals surface area contributed by atoms with Gasteiger partial charge in [0, 0.05) is 17.0 Å². The number of carbonyl (C=O) groups is 2. The summed E-state index contributed by atoms with van der Waals surface area (Å²) in [5.41, 5.74) is 2.17. The van der Waals surface area contributed by atoms with E-state index in [2.05, 4.69) is 5.32 Å². The number of nitrogens with one attached hydrogen (secondary N) is 1. The summed E-state index contributed by atoms with van der Waals surface area (Å²) in [7, 11) is 0. The Morgan fingerprint density at radius 2 is 1.81 bits per heavy atom. The monoisotopic (exact) mass is 437 g/mol. The highest BCUT2D eigenvalue weighted by molar-refractivity contribution is 5.88. The lowest BCUT2D eigenvalue weighted by Crippen LogP contribution is -2.46. The van der Waals surface area contributed by atoms with Gasteiger partial charge >= 0.3 is 17.7 Å². The van der Waals surface area contributed by atoms with Gasteiger partial charge in [0.05, 0.1) is 0 Å². The van der Waals surface area contributed by atoms with Gasteiger partial charge in [0.1, 0.15) is 24.0 Å². The molecule has 3 aromatic rings. The highest BCUT2D eigenvalue weighted by Gasteiger charge is 2.27. The molecule has 0 fully saturated rings. The van der Waals surface area contributed by atoms with Crippen LogP contribution >= 0.6 is 0 Å². The van der Waals surface area contributed by atoms with Gasteiger partial charge in [-0.15, -0.1) is 0 Å². The maximum atomic E-state index is 12.9. The van der Waals surface area contributed by atoms with E-state index in [0.717, 1.165) is 16.5 Å². The first-order valence-corrected chi connectivity index (χ1v) is 10.5. The van der Waals surface area contributed by atoms with E-state index in [4.69, 9.17) is 13.9 Å². The molecule has 0 bridgehead atoms.